The van der Waals surface area contributed by atoms with E-state index in [9.17, 15) is 18.4 Å². The van der Waals surface area contributed by atoms with Gasteiger partial charge in [0.05, 0.1) is 19.8 Å². The Balaban J connectivity index is 1.78. The Morgan fingerprint density at radius 3 is 2.29 bits per heavy atom. The van der Waals surface area contributed by atoms with E-state index in [2.05, 4.69) is 14.8 Å². The quantitative estimate of drug-likeness (QED) is 0.649. The molecule has 3 rings (SSSR count). The predicted octanol–water partition coefficient (Wildman–Crippen LogP) is 4.54. The summed E-state index contributed by atoms with van der Waals surface area (Å²) in [6.45, 7) is -2.96. The van der Waals surface area contributed by atoms with Crippen LogP contribution in [0.15, 0.2) is 42.5 Å². The summed E-state index contributed by atoms with van der Waals surface area (Å²) in [5.41, 5.74) is 1.59. The molecule has 0 aliphatic heterocycles. The van der Waals surface area contributed by atoms with Gasteiger partial charge in [0.1, 0.15) is 0 Å². The van der Waals surface area contributed by atoms with E-state index in [0.29, 0.717) is 11.1 Å². The van der Waals surface area contributed by atoms with E-state index in [1.165, 1.54) is 26.4 Å². The molecule has 166 valence electrons. The lowest BCUT2D eigenvalue weighted by atomic mass is 9.79. The second-order valence-corrected chi connectivity index (χ2v) is 7.33. The predicted molar refractivity (Wildman–Crippen MR) is 110 cm³/mol. The van der Waals surface area contributed by atoms with Gasteiger partial charge in [-0.05, 0) is 54.8 Å². The minimum atomic E-state index is -2.96. The molecule has 0 saturated heterocycles. The fourth-order valence-corrected chi connectivity index (χ4v) is 3.94. The van der Waals surface area contributed by atoms with Crippen LogP contribution in [0, 0.1) is 0 Å². The van der Waals surface area contributed by atoms with Crippen LogP contribution in [0.2, 0.25) is 0 Å². The van der Waals surface area contributed by atoms with Crippen LogP contribution in [0.5, 0.6) is 11.5 Å². The second kappa shape index (κ2) is 10.2. The molecule has 6 nitrogen and oxygen atoms in total. The molecule has 2 aromatic rings. The largest absolute Gasteiger partial charge is 0.493 e. The van der Waals surface area contributed by atoms with E-state index in [1.807, 2.05) is 6.07 Å². The summed E-state index contributed by atoms with van der Waals surface area (Å²) < 4.78 is 40.0. The second-order valence-electron chi connectivity index (χ2n) is 7.33. The Hall–Kier alpha value is -3.16. The monoisotopic (exact) mass is 433 g/mol. The lowest BCUT2D eigenvalue weighted by Crippen LogP contribution is -2.41. The Bertz CT molecular complexity index is 917. The van der Waals surface area contributed by atoms with Gasteiger partial charge in [0.2, 0.25) is 0 Å². The minimum absolute atomic E-state index is 0.0240. The van der Waals surface area contributed by atoms with Crippen molar-refractivity contribution < 1.29 is 32.6 Å². The molecular formula is C23H25F2NO5. The number of hydrogen-bond acceptors (Lipinski definition) is 5. The number of ether oxygens (including phenoxy) is 3. The maximum atomic E-state index is 12.8. The number of carbonyl (C=O) groups is 2. The summed E-state index contributed by atoms with van der Waals surface area (Å²) in [5, 5.41) is 3.06. The Labute approximate surface area is 179 Å². The Morgan fingerprint density at radius 1 is 0.968 bits per heavy atom. The fraction of sp³-hybridized carbons (Fsp3) is 0.391. The van der Waals surface area contributed by atoms with Gasteiger partial charge in [0.15, 0.2) is 11.5 Å². The maximum absolute atomic E-state index is 12.8. The first kappa shape index (κ1) is 22.5. The molecule has 1 aliphatic rings. The summed E-state index contributed by atoms with van der Waals surface area (Å²) in [7, 11) is 2.69. The summed E-state index contributed by atoms with van der Waals surface area (Å²) in [4.78, 5) is 24.3. The number of methoxy groups -OCH3 is 2. The molecular weight excluding hydrogens is 408 g/mol. The summed E-state index contributed by atoms with van der Waals surface area (Å²) in [6, 6.07) is 11.0. The van der Waals surface area contributed by atoms with Crippen molar-refractivity contribution in [1.82, 2.24) is 5.32 Å². The van der Waals surface area contributed by atoms with E-state index in [1.54, 1.807) is 24.3 Å². The number of esters is 1. The molecule has 0 bridgehead atoms. The average molecular weight is 433 g/mol. The van der Waals surface area contributed by atoms with Crippen molar-refractivity contribution in [3.8, 4) is 11.5 Å². The molecule has 8 heteroatoms. The molecule has 1 amide bonds. The molecule has 2 unspecified atom stereocenters. The molecule has 1 aliphatic carbocycles. The van der Waals surface area contributed by atoms with Gasteiger partial charge in [0.25, 0.3) is 5.91 Å². The van der Waals surface area contributed by atoms with Gasteiger partial charge in [-0.3, -0.25) is 4.79 Å². The smallest absolute Gasteiger partial charge is 0.387 e. The lowest BCUT2D eigenvalue weighted by molar-refractivity contribution is -0.0512. The molecule has 2 aromatic carbocycles. The topological polar surface area (TPSA) is 73.9 Å². The Morgan fingerprint density at radius 2 is 1.65 bits per heavy atom. The van der Waals surface area contributed by atoms with Crippen molar-refractivity contribution in [3.05, 3.63) is 59.2 Å². The van der Waals surface area contributed by atoms with E-state index >= 15 is 0 Å². The van der Waals surface area contributed by atoms with Crippen LogP contribution in [0.4, 0.5) is 8.78 Å². The fourth-order valence-electron chi connectivity index (χ4n) is 3.94. The van der Waals surface area contributed by atoms with Gasteiger partial charge in [-0.1, -0.05) is 18.9 Å². The number of carbonyl (C=O) groups excluding carboxylic acids is 2. The van der Waals surface area contributed by atoms with Crippen molar-refractivity contribution in [1.29, 1.82) is 0 Å². The van der Waals surface area contributed by atoms with E-state index in [4.69, 9.17) is 4.74 Å². The highest BCUT2D eigenvalue weighted by Crippen LogP contribution is 2.38. The SMILES string of the molecule is COC(=O)c1ccc(C(=O)NC2CCCCC2c2ccc(OC)c(OC(F)F)c2)cc1. The van der Waals surface area contributed by atoms with E-state index in [-0.39, 0.29) is 29.4 Å². The van der Waals surface area contributed by atoms with Crippen LogP contribution >= 0.6 is 0 Å². The highest BCUT2D eigenvalue weighted by Gasteiger charge is 2.29. The van der Waals surface area contributed by atoms with Gasteiger partial charge in [-0.2, -0.15) is 8.78 Å². The van der Waals surface area contributed by atoms with E-state index < -0.39 is 12.6 Å². The molecule has 0 spiro atoms. The van der Waals surface area contributed by atoms with Gasteiger partial charge in [0, 0.05) is 17.5 Å². The van der Waals surface area contributed by atoms with Crippen LogP contribution in [0.3, 0.4) is 0 Å². The highest BCUT2D eigenvalue weighted by molar-refractivity contribution is 5.96. The van der Waals surface area contributed by atoms with Crippen molar-refractivity contribution in [2.45, 2.75) is 44.3 Å². The zero-order valence-electron chi connectivity index (χ0n) is 17.4. The molecule has 1 saturated carbocycles. The number of nitrogens with one attached hydrogen (secondary N) is 1. The lowest BCUT2D eigenvalue weighted by Gasteiger charge is -2.33. The maximum Gasteiger partial charge on any atom is 0.387 e. The van der Waals surface area contributed by atoms with Crippen molar-refractivity contribution in [2.75, 3.05) is 14.2 Å². The Kier molecular flexibility index (Phi) is 7.44. The number of amides is 1. The number of halogens is 2. The normalized spacial score (nSPS) is 18.4. The number of alkyl halides is 2. The minimum Gasteiger partial charge on any atom is -0.493 e. The molecule has 2 atom stereocenters. The summed E-state index contributed by atoms with van der Waals surface area (Å²) in [5.74, 6) is -0.570. The summed E-state index contributed by atoms with van der Waals surface area (Å²) in [6.07, 6.45) is 3.52. The van der Waals surface area contributed by atoms with Crippen molar-refractivity contribution in [3.63, 3.8) is 0 Å². The first-order valence-corrected chi connectivity index (χ1v) is 10.0. The average Bonchev–Trinajstić information content (AvgIpc) is 2.78. The molecule has 0 aromatic heterocycles. The van der Waals surface area contributed by atoms with Crippen LogP contribution in [-0.2, 0) is 4.74 Å². The molecule has 1 fully saturated rings. The third kappa shape index (κ3) is 5.51. The van der Waals surface area contributed by atoms with Gasteiger partial charge >= 0.3 is 12.6 Å². The first-order chi connectivity index (χ1) is 14.9. The van der Waals surface area contributed by atoms with Crippen LogP contribution < -0.4 is 14.8 Å². The molecule has 0 radical (unpaired) electrons. The third-order valence-electron chi connectivity index (χ3n) is 5.48. The van der Waals surface area contributed by atoms with Crippen LogP contribution in [0.25, 0.3) is 0 Å². The highest BCUT2D eigenvalue weighted by atomic mass is 19.3. The summed E-state index contributed by atoms with van der Waals surface area (Å²) >= 11 is 0. The standard InChI is InChI=1S/C23H25F2NO5/c1-29-19-12-11-16(13-20(19)31-23(24)25)17-5-3-4-6-18(17)26-21(27)14-7-9-15(10-8-14)22(28)30-2/h7-13,17-18,23H,3-6H2,1-2H3,(H,26,27). The van der Waals surface area contributed by atoms with Crippen molar-refractivity contribution in [2.24, 2.45) is 0 Å². The van der Waals surface area contributed by atoms with Gasteiger partial charge in [-0.25, -0.2) is 4.79 Å². The van der Waals surface area contributed by atoms with Crippen molar-refractivity contribution >= 4 is 11.9 Å². The van der Waals surface area contributed by atoms with Gasteiger partial charge < -0.3 is 19.5 Å². The number of benzene rings is 2. The zero-order chi connectivity index (χ0) is 22.4. The van der Waals surface area contributed by atoms with E-state index in [0.717, 1.165) is 31.2 Å². The zero-order valence-corrected chi connectivity index (χ0v) is 17.4. The first-order valence-electron chi connectivity index (χ1n) is 10.0. The number of hydrogen-bond donors (Lipinski definition) is 1. The molecule has 31 heavy (non-hydrogen) atoms. The number of rotatable bonds is 7. The van der Waals surface area contributed by atoms with Gasteiger partial charge in [-0.15, -0.1) is 0 Å². The molecule has 1 N–H and O–H groups in total. The van der Waals surface area contributed by atoms with Crippen LogP contribution in [0.1, 0.15) is 57.9 Å². The third-order valence-corrected chi connectivity index (χ3v) is 5.48. The molecule has 0 heterocycles. The van der Waals surface area contributed by atoms with Crippen LogP contribution in [-0.4, -0.2) is 38.7 Å².